The fraction of sp³-hybridized carbons (Fsp3) is 0.328. The molecule has 0 bridgehead atoms. The number of pyridine rings is 3. The Kier molecular flexibility index (Phi) is 23.2. The number of nitrogens with two attached hydrogens (primary N) is 3. The maximum atomic E-state index is 13.8. The van der Waals surface area contributed by atoms with E-state index < -0.39 is 18.1 Å². The molecule has 3 heterocycles. The van der Waals surface area contributed by atoms with E-state index in [0.29, 0.717) is 94.5 Å². The van der Waals surface area contributed by atoms with Gasteiger partial charge in [0.25, 0.3) is 0 Å². The molecule has 0 unspecified atom stereocenters. The van der Waals surface area contributed by atoms with Crippen LogP contribution in [0.15, 0.2) is 146 Å². The number of amides is 6. The van der Waals surface area contributed by atoms with E-state index >= 15 is 0 Å². The Morgan fingerprint density at radius 2 is 0.658 bits per heavy atom. The van der Waals surface area contributed by atoms with Crippen LogP contribution in [0.3, 0.4) is 0 Å². The van der Waals surface area contributed by atoms with Crippen LogP contribution in [0.2, 0.25) is 0 Å². The Morgan fingerprint density at radius 3 is 0.895 bits per heavy atom. The van der Waals surface area contributed by atoms with Crippen LogP contribution < -0.4 is 49.1 Å². The second-order valence-electron chi connectivity index (χ2n) is 18.6. The van der Waals surface area contributed by atoms with Crippen LogP contribution in [-0.2, 0) is 48.0 Å². The summed E-state index contributed by atoms with van der Waals surface area (Å²) in [5.41, 5.74) is 23.6. The number of benzene rings is 3. The molecule has 3 atom stereocenters. The molecule has 18 heteroatoms. The van der Waals surface area contributed by atoms with Gasteiger partial charge in [0.15, 0.2) is 0 Å². The second-order valence-corrected chi connectivity index (χ2v) is 18.6. The van der Waals surface area contributed by atoms with Gasteiger partial charge >= 0.3 is 0 Å². The highest BCUT2D eigenvalue weighted by atomic mass is 16.2. The predicted molar refractivity (Wildman–Crippen MR) is 294 cm³/mol. The molecule has 3 aromatic heterocycles. The summed E-state index contributed by atoms with van der Waals surface area (Å²) in [5.74, 6) is -2.35. The lowest BCUT2D eigenvalue weighted by Gasteiger charge is -2.22. The topological polar surface area (TPSA) is 291 Å². The SMILES string of the molecule is NCCCC[C@H](NC(=O)Cc1cccnc1)C(=O)Nc1ccc(C(c2ccc(NC(=O)[C@H](CCCCN)NC(=O)Cc3cccnc3)cc2)c2ccc(NC(=O)[C@H](CCCCN)NC(=O)Cc3cccnc3)cc2)cc1. The first kappa shape index (κ1) is 57.1. The Labute approximate surface area is 444 Å². The second kappa shape index (κ2) is 30.9. The van der Waals surface area contributed by atoms with Crippen LogP contribution in [0.5, 0.6) is 0 Å². The fourth-order valence-corrected chi connectivity index (χ4v) is 8.63. The molecule has 0 radical (unpaired) electrons. The molecular weight excluding hydrogens is 961 g/mol. The first-order chi connectivity index (χ1) is 37.0. The Balaban J connectivity index is 1.22. The molecule has 0 saturated heterocycles. The molecular formula is C58H70N12O6. The summed E-state index contributed by atoms with van der Waals surface area (Å²) in [6.07, 6.45) is 15.2. The van der Waals surface area contributed by atoms with Crippen LogP contribution >= 0.6 is 0 Å². The number of hydrogen-bond donors (Lipinski definition) is 9. The maximum absolute atomic E-state index is 13.8. The number of rotatable bonds is 30. The Morgan fingerprint density at radius 1 is 0.382 bits per heavy atom. The molecule has 18 nitrogen and oxygen atoms in total. The van der Waals surface area contributed by atoms with Crippen LogP contribution in [0.4, 0.5) is 17.1 Å². The largest absolute Gasteiger partial charge is 0.344 e. The van der Waals surface area contributed by atoms with Crippen molar-refractivity contribution >= 4 is 52.5 Å². The van der Waals surface area contributed by atoms with Crippen molar-refractivity contribution in [3.63, 3.8) is 0 Å². The first-order valence-electron chi connectivity index (χ1n) is 25.9. The monoisotopic (exact) mass is 1030 g/mol. The van der Waals surface area contributed by atoms with E-state index in [0.717, 1.165) is 33.4 Å². The predicted octanol–water partition coefficient (Wildman–Crippen LogP) is 5.44. The Bertz CT molecular complexity index is 2450. The number of anilines is 3. The number of hydrogen-bond acceptors (Lipinski definition) is 12. The van der Waals surface area contributed by atoms with Gasteiger partial charge in [-0.05, 0) is 165 Å². The highest BCUT2D eigenvalue weighted by Crippen LogP contribution is 2.34. The van der Waals surface area contributed by atoms with E-state index in [1.807, 2.05) is 36.4 Å². The minimum absolute atomic E-state index is 0.0775. The van der Waals surface area contributed by atoms with Gasteiger partial charge in [0.2, 0.25) is 35.4 Å². The molecule has 6 rings (SSSR count). The average molecular weight is 1030 g/mol. The van der Waals surface area contributed by atoms with Gasteiger partial charge in [0.05, 0.1) is 19.3 Å². The lowest BCUT2D eigenvalue weighted by Crippen LogP contribution is -2.44. The highest BCUT2D eigenvalue weighted by molar-refractivity contribution is 5.99. The van der Waals surface area contributed by atoms with Gasteiger partial charge in [-0.2, -0.15) is 0 Å². The van der Waals surface area contributed by atoms with Crippen LogP contribution in [0.1, 0.15) is 97.1 Å². The molecule has 0 fully saturated rings. The number of nitrogens with zero attached hydrogens (tertiary/aromatic N) is 3. The van der Waals surface area contributed by atoms with E-state index in [9.17, 15) is 28.8 Å². The van der Waals surface area contributed by atoms with E-state index in [1.165, 1.54) is 0 Å². The van der Waals surface area contributed by atoms with E-state index in [2.05, 4.69) is 46.9 Å². The summed E-state index contributed by atoms with van der Waals surface area (Å²) in [7, 11) is 0. The quantitative estimate of drug-likeness (QED) is 0.0202. The highest BCUT2D eigenvalue weighted by Gasteiger charge is 2.25. The third-order valence-corrected chi connectivity index (χ3v) is 12.6. The van der Waals surface area contributed by atoms with Crippen molar-refractivity contribution in [2.75, 3.05) is 35.6 Å². The minimum Gasteiger partial charge on any atom is -0.344 e. The Hall–Kier alpha value is -8.19. The normalized spacial score (nSPS) is 12.2. The summed E-state index contributed by atoms with van der Waals surface area (Å²) in [4.78, 5) is 92.7. The van der Waals surface area contributed by atoms with Crippen LogP contribution in [0, 0.1) is 0 Å². The molecule has 0 spiro atoms. The van der Waals surface area contributed by atoms with Crippen molar-refractivity contribution in [1.82, 2.24) is 30.9 Å². The number of unbranched alkanes of at least 4 members (excludes halogenated alkanes) is 3. The third-order valence-electron chi connectivity index (χ3n) is 12.6. The van der Waals surface area contributed by atoms with E-state index in [4.69, 9.17) is 17.2 Å². The van der Waals surface area contributed by atoms with Crippen LogP contribution in [-0.4, -0.2) is 88.2 Å². The van der Waals surface area contributed by atoms with Gasteiger partial charge in [0, 0.05) is 60.2 Å². The zero-order chi connectivity index (χ0) is 53.9. The van der Waals surface area contributed by atoms with Crippen molar-refractivity contribution in [2.45, 2.75) is 101 Å². The summed E-state index contributed by atoms with van der Waals surface area (Å²) in [6, 6.07) is 30.6. The molecule has 0 aliphatic carbocycles. The zero-order valence-corrected chi connectivity index (χ0v) is 42.8. The number of carbonyl (C=O) groups is 6. The zero-order valence-electron chi connectivity index (χ0n) is 42.8. The summed E-state index contributed by atoms with van der Waals surface area (Å²) < 4.78 is 0. The van der Waals surface area contributed by atoms with Crippen LogP contribution in [0.25, 0.3) is 0 Å². The third kappa shape index (κ3) is 18.9. The van der Waals surface area contributed by atoms with Gasteiger partial charge in [-0.1, -0.05) is 54.6 Å². The molecule has 398 valence electrons. The molecule has 12 N–H and O–H groups in total. The number of carbonyl (C=O) groups excluding carboxylic acids is 6. The molecule has 6 amide bonds. The lowest BCUT2D eigenvalue weighted by molar-refractivity contribution is -0.126. The number of aromatic nitrogens is 3. The first-order valence-corrected chi connectivity index (χ1v) is 25.9. The minimum atomic E-state index is -0.796. The van der Waals surface area contributed by atoms with Crippen molar-refractivity contribution in [3.8, 4) is 0 Å². The van der Waals surface area contributed by atoms with E-state index in [-0.39, 0.29) is 60.6 Å². The van der Waals surface area contributed by atoms with Gasteiger partial charge in [0.1, 0.15) is 18.1 Å². The molecule has 0 aliphatic rings. The standard InChI is InChI=1S/C58H70N12O6/c59-28-4-1-13-49(68-52(71)34-40-10-7-31-62-37-40)56(74)65-46-22-16-43(17-23-46)55(44-18-24-47(25-19-44)66-57(75)50(14-2-5-29-60)69-53(72)35-41-11-8-32-63-38-41)45-20-26-48(27-21-45)67-58(76)51(15-3-6-30-61)70-54(73)36-42-12-9-33-64-39-42/h7-12,16-27,31-33,37-39,49-51,55H,1-6,13-15,28-30,34-36,59-61H2,(H,65,74)(H,66,75)(H,67,76)(H,68,71)(H,69,72)(H,70,73)/t49-,50-,51-/m0/s1. The van der Waals surface area contributed by atoms with Gasteiger partial charge in [-0.15, -0.1) is 0 Å². The number of nitrogens with one attached hydrogen (secondary N) is 6. The molecule has 0 saturated carbocycles. The van der Waals surface area contributed by atoms with Gasteiger partial charge in [-0.3, -0.25) is 43.7 Å². The average Bonchev–Trinajstić information content (AvgIpc) is 3.42. The smallest absolute Gasteiger partial charge is 0.246 e. The van der Waals surface area contributed by atoms with E-state index in [1.54, 1.807) is 110 Å². The maximum Gasteiger partial charge on any atom is 0.246 e. The van der Waals surface area contributed by atoms with Crippen molar-refractivity contribution < 1.29 is 28.8 Å². The molecule has 76 heavy (non-hydrogen) atoms. The van der Waals surface area contributed by atoms with Crippen molar-refractivity contribution in [3.05, 3.63) is 180 Å². The van der Waals surface area contributed by atoms with Crippen molar-refractivity contribution in [2.24, 2.45) is 17.2 Å². The van der Waals surface area contributed by atoms with Gasteiger partial charge < -0.3 is 49.1 Å². The summed E-state index contributed by atoms with van der Waals surface area (Å²) in [6.45, 7) is 1.38. The lowest BCUT2D eigenvalue weighted by atomic mass is 9.85. The van der Waals surface area contributed by atoms with Gasteiger partial charge in [-0.25, -0.2) is 0 Å². The molecule has 0 aliphatic heterocycles. The summed E-state index contributed by atoms with van der Waals surface area (Å²) >= 11 is 0. The molecule has 3 aromatic carbocycles. The summed E-state index contributed by atoms with van der Waals surface area (Å²) in [5, 5.41) is 17.6. The van der Waals surface area contributed by atoms with Crippen molar-refractivity contribution in [1.29, 1.82) is 0 Å². The fourth-order valence-electron chi connectivity index (χ4n) is 8.63. The molecule has 6 aromatic rings.